The fraction of sp³-hybridized carbons (Fsp3) is 0.692. The van der Waals surface area contributed by atoms with Crippen molar-refractivity contribution < 1.29 is 18.0 Å². The first kappa shape index (κ1) is 16.3. The predicted octanol–water partition coefficient (Wildman–Crippen LogP) is 3.42. The number of rotatable bonds is 4. The highest BCUT2D eigenvalue weighted by Gasteiger charge is 2.37. The molecule has 118 valence electrons. The molecule has 1 heterocycles. The second-order valence-electron chi connectivity index (χ2n) is 5.27. The summed E-state index contributed by atoms with van der Waals surface area (Å²) in [5, 5.41) is 6.46. The molecule has 0 unspecified atom stereocenters. The lowest BCUT2D eigenvalue weighted by molar-refractivity contribution is -0.142. The van der Waals surface area contributed by atoms with Crippen LogP contribution in [0.5, 0.6) is 0 Å². The molecule has 1 N–H and O–H groups in total. The predicted molar refractivity (Wildman–Crippen MR) is 74.7 cm³/mol. The number of hydrogen-bond donors (Lipinski definition) is 1. The van der Waals surface area contributed by atoms with Gasteiger partial charge < -0.3 is 5.32 Å². The molecule has 1 aliphatic rings. The Morgan fingerprint density at radius 2 is 2.05 bits per heavy atom. The lowest BCUT2D eigenvalue weighted by Crippen LogP contribution is -2.33. The van der Waals surface area contributed by atoms with E-state index in [1.54, 1.807) is 6.92 Å². The summed E-state index contributed by atoms with van der Waals surface area (Å²) in [5.41, 5.74) is -0.577. The van der Waals surface area contributed by atoms with Crippen LogP contribution in [0.25, 0.3) is 0 Å². The van der Waals surface area contributed by atoms with Gasteiger partial charge in [0, 0.05) is 12.5 Å². The molecule has 0 aliphatic heterocycles. The largest absolute Gasteiger partial charge is 0.436 e. The van der Waals surface area contributed by atoms with E-state index in [4.69, 9.17) is 0 Å². The maximum atomic E-state index is 12.7. The highest BCUT2D eigenvalue weighted by molar-refractivity contribution is 9.10. The molecule has 1 fully saturated rings. The molecular weight excluding hydrogens is 351 g/mol. The second kappa shape index (κ2) is 6.37. The minimum absolute atomic E-state index is 0.0637. The molecule has 1 amide bonds. The van der Waals surface area contributed by atoms with Crippen LogP contribution in [-0.2, 0) is 17.5 Å². The van der Waals surface area contributed by atoms with Crippen LogP contribution in [0.2, 0.25) is 0 Å². The lowest BCUT2D eigenvalue weighted by Gasteiger charge is -2.12. The second-order valence-corrected chi connectivity index (χ2v) is 6.06. The zero-order valence-corrected chi connectivity index (χ0v) is 13.2. The van der Waals surface area contributed by atoms with Gasteiger partial charge in [-0.05, 0) is 35.7 Å². The number of nitrogens with one attached hydrogen (secondary N) is 1. The van der Waals surface area contributed by atoms with Crippen LogP contribution in [0.4, 0.5) is 13.2 Å². The SMILES string of the molecule is Cc1c(Br)c(C(F)(F)F)nn1CCC(=O)NC1CCCC1. The van der Waals surface area contributed by atoms with E-state index in [-0.39, 0.29) is 29.4 Å². The van der Waals surface area contributed by atoms with E-state index in [0.717, 1.165) is 25.7 Å². The van der Waals surface area contributed by atoms with Gasteiger partial charge in [-0.25, -0.2) is 0 Å². The van der Waals surface area contributed by atoms with Crippen LogP contribution in [0.1, 0.15) is 43.5 Å². The van der Waals surface area contributed by atoms with Gasteiger partial charge in [0.1, 0.15) is 0 Å². The summed E-state index contributed by atoms with van der Waals surface area (Å²) in [7, 11) is 0. The molecular formula is C13H17BrF3N3O. The van der Waals surface area contributed by atoms with Crippen molar-refractivity contribution in [3.63, 3.8) is 0 Å². The number of carbonyl (C=O) groups excluding carboxylic acids is 1. The first-order chi connectivity index (χ1) is 9.79. The molecule has 4 nitrogen and oxygen atoms in total. The van der Waals surface area contributed by atoms with Gasteiger partial charge in [0.2, 0.25) is 5.91 Å². The Morgan fingerprint density at radius 1 is 1.43 bits per heavy atom. The Morgan fingerprint density at radius 3 is 2.57 bits per heavy atom. The number of aryl methyl sites for hydroxylation is 1. The van der Waals surface area contributed by atoms with Gasteiger partial charge in [-0.1, -0.05) is 12.8 Å². The van der Waals surface area contributed by atoms with Crippen LogP contribution < -0.4 is 5.32 Å². The average Bonchev–Trinajstić information content (AvgIpc) is 2.97. The molecule has 0 radical (unpaired) electrons. The zero-order chi connectivity index (χ0) is 15.6. The molecule has 0 atom stereocenters. The molecule has 1 aromatic heterocycles. The van der Waals surface area contributed by atoms with E-state index in [0.29, 0.717) is 5.69 Å². The fourth-order valence-corrected chi connectivity index (χ4v) is 3.01. The average molecular weight is 368 g/mol. The van der Waals surface area contributed by atoms with Crippen LogP contribution in [0.15, 0.2) is 4.47 Å². The quantitative estimate of drug-likeness (QED) is 0.885. The van der Waals surface area contributed by atoms with E-state index >= 15 is 0 Å². The van der Waals surface area contributed by atoms with Crippen LogP contribution in [0, 0.1) is 6.92 Å². The molecule has 0 bridgehead atoms. The van der Waals surface area contributed by atoms with Crippen molar-refractivity contribution in [3.05, 3.63) is 15.9 Å². The highest BCUT2D eigenvalue weighted by atomic mass is 79.9. The molecule has 8 heteroatoms. The minimum Gasteiger partial charge on any atom is -0.353 e. The Bertz CT molecular complexity index is 521. The van der Waals surface area contributed by atoms with Crippen molar-refractivity contribution in [3.8, 4) is 0 Å². The number of hydrogen-bond acceptors (Lipinski definition) is 2. The Balaban J connectivity index is 1.95. The first-order valence-corrected chi connectivity index (χ1v) is 7.68. The summed E-state index contributed by atoms with van der Waals surface area (Å²) >= 11 is 2.91. The Labute approximate surface area is 129 Å². The molecule has 2 rings (SSSR count). The van der Waals surface area contributed by atoms with E-state index in [1.807, 2.05) is 0 Å². The number of halogens is 4. The summed E-state index contributed by atoms with van der Waals surface area (Å²) in [6.07, 6.45) is -0.174. The zero-order valence-electron chi connectivity index (χ0n) is 11.6. The van der Waals surface area contributed by atoms with Gasteiger partial charge >= 0.3 is 6.18 Å². The third-order valence-electron chi connectivity index (χ3n) is 3.67. The molecule has 0 spiro atoms. The van der Waals surface area contributed by atoms with E-state index in [2.05, 4.69) is 26.3 Å². The van der Waals surface area contributed by atoms with E-state index in [1.165, 1.54) is 4.68 Å². The molecule has 1 aromatic rings. The summed E-state index contributed by atoms with van der Waals surface area (Å²) in [5.74, 6) is -0.138. The maximum Gasteiger partial charge on any atom is 0.436 e. The number of amides is 1. The van der Waals surface area contributed by atoms with Gasteiger partial charge in [0.15, 0.2) is 5.69 Å². The minimum atomic E-state index is -4.50. The van der Waals surface area contributed by atoms with Gasteiger partial charge in [-0.2, -0.15) is 18.3 Å². The van der Waals surface area contributed by atoms with Gasteiger partial charge in [0.05, 0.1) is 16.7 Å². The summed E-state index contributed by atoms with van der Waals surface area (Å²) in [4.78, 5) is 11.8. The van der Waals surface area contributed by atoms with Crippen LogP contribution in [0.3, 0.4) is 0 Å². The maximum absolute atomic E-state index is 12.7. The highest BCUT2D eigenvalue weighted by Crippen LogP contribution is 2.35. The summed E-state index contributed by atoms with van der Waals surface area (Å²) < 4.78 is 39.3. The normalized spacial score (nSPS) is 16.4. The van der Waals surface area contributed by atoms with E-state index < -0.39 is 11.9 Å². The van der Waals surface area contributed by atoms with Gasteiger partial charge in [-0.15, -0.1) is 0 Å². The molecule has 0 saturated heterocycles. The molecule has 1 aliphatic carbocycles. The first-order valence-electron chi connectivity index (χ1n) is 6.88. The van der Waals surface area contributed by atoms with Gasteiger partial charge in [-0.3, -0.25) is 9.48 Å². The number of nitrogens with zero attached hydrogens (tertiary/aromatic N) is 2. The lowest BCUT2D eigenvalue weighted by atomic mass is 10.2. The van der Waals surface area contributed by atoms with Crippen molar-refractivity contribution in [2.75, 3.05) is 0 Å². The topological polar surface area (TPSA) is 46.9 Å². The van der Waals surface area contributed by atoms with Crippen molar-refractivity contribution in [1.82, 2.24) is 15.1 Å². The third kappa shape index (κ3) is 3.99. The Kier molecular flexibility index (Phi) is 4.95. The van der Waals surface area contributed by atoms with Crippen molar-refractivity contribution in [1.29, 1.82) is 0 Å². The van der Waals surface area contributed by atoms with E-state index in [9.17, 15) is 18.0 Å². The van der Waals surface area contributed by atoms with Crippen LogP contribution >= 0.6 is 15.9 Å². The van der Waals surface area contributed by atoms with Crippen LogP contribution in [-0.4, -0.2) is 21.7 Å². The standard InChI is InChI=1S/C13H17BrF3N3O/c1-8-11(14)12(13(15,16)17)19-20(8)7-6-10(21)18-9-4-2-3-5-9/h9H,2-7H2,1H3,(H,18,21). The van der Waals surface area contributed by atoms with Crippen molar-refractivity contribution in [2.24, 2.45) is 0 Å². The third-order valence-corrected chi connectivity index (χ3v) is 4.62. The summed E-state index contributed by atoms with van der Waals surface area (Å²) in [6, 6.07) is 0.216. The fourth-order valence-electron chi connectivity index (χ4n) is 2.50. The summed E-state index contributed by atoms with van der Waals surface area (Å²) in [6.45, 7) is 1.68. The van der Waals surface area contributed by atoms with Crippen molar-refractivity contribution >= 4 is 21.8 Å². The number of alkyl halides is 3. The molecule has 21 heavy (non-hydrogen) atoms. The Hall–Kier alpha value is -1.05. The number of carbonyl (C=O) groups is 1. The smallest absolute Gasteiger partial charge is 0.353 e. The van der Waals surface area contributed by atoms with Crippen molar-refractivity contribution in [2.45, 2.75) is 57.8 Å². The molecule has 0 aromatic carbocycles. The monoisotopic (exact) mass is 367 g/mol. The number of aromatic nitrogens is 2. The van der Waals surface area contributed by atoms with Gasteiger partial charge in [0.25, 0.3) is 0 Å². The molecule has 1 saturated carbocycles.